The zero-order chi connectivity index (χ0) is 47.2. The predicted molar refractivity (Wildman–Crippen MR) is 279 cm³/mol. The zero-order valence-corrected chi connectivity index (χ0v) is 42.7. The average Bonchev–Trinajstić information content (AvgIpc) is 3.30. The molecule has 0 aromatic rings. The van der Waals surface area contributed by atoms with E-state index in [0.717, 1.165) is 103 Å². The molecule has 0 saturated carbocycles. The lowest BCUT2D eigenvalue weighted by Gasteiger charge is -2.18. The molecule has 1 atom stereocenters. The first-order valence-corrected chi connectivity index (χ1v) is 27.5. The third-order valence-corrected chi connectivity index (χ3v) is 11.7. The molecular weight excluding hydrogens is 805 g/mol. The van der Waals surface area contributed by atoms with Gasteiger partial charge < -0.3 is 14.2 Å². The summed E-state index contributed by atoms with van der Waals surface area (Å²) in [6.07, 6.45) is 67.4. The Labute approximate surface area is 402 Å². The van der Waals surface area contributed by atoms with Crippen molar-refractivity contribution in [3.05, 3.63) is 72.9 Å². The van der Waals surface area contributed by atoms with Crippen molar-refractivity contribution in [3.63, 3.8) is 0 Å². The van der Waals surface area contributed by atoms with Gasteiger partial charge in [-0.2, -0.15) is 0 Å². The Morgan fingerprint density at radius 1 is 0.308 bits per heavy atom. The number of esters is 3. The number of ether oxygens (including phenoxy) is 3. The van der Waals surface area contributed by atoms with Crippen LogP contribution in [0.3, 0.4) is 0 Å². The van der Waals surface area contributed by atoms with E-state index in [-0.39, 0.29) is 31.1 Å². The molecule has 1 unspecified atom stereocenters. The molecule has 0 aliphatic heterocycles. The van der Waals surface area contributed by atoms with Gasteiger partial charge in [-0.1, -0.05) is 229 Å². The Morgan fingerprint density at radius 3 is 0.954 bits per heavy atom. The van der Waals surface area contributed by atoms with Crippen LogP contribution in [0.4, 0.5) is 0 Å². The van der Waals surface area contributed by atoms with E-state index in [1.54, 1.807) is 0 Å². The topological polar surface area (TPSA) is 78.9 Å². The molecule has 0 radical (unpaired) electrons. The lowest BCUT2D eigenvalue weighted by molar-refractivity contribution is -0.167. The minimum atomic E-state index is -0.795. The number of rotatable bonds is 49. The van der Waals surface area contributed by atoms with E-state index in [1.165, 1.54) is 122 Å². The average molecular weight is 907 g/mol. The molecule has 0 spiro atoms. The number of hydrogen-bond donors (Lipinski definition) is 0. The van der Waals surface area contributed by atoms with Gasteiger partial charge in [0.25, 0.3) is 0 Å². The van der Waals surface area contributed by atoms with Gasteiger partial charge in [0.2, 0.25) is 0 Å². The van der Waals surface area contributed by atoms with Gasteiger partial charge >= 0.3 is 17.9 Å². The van der Waals surface area contributed by atoms with Crippen molar-refractivity contribution in [1.82, 2.24) is 0 Å². The van der Waals surface area contributed by atoms with Gasteiger partial charge in [0, 0.05) is 19.3 Å². The van der Waals surface area contributed by atoms with Crippen LogP contribution < -0.4 is 0 Å². The van der Waals surface area contributed by atoms with Crippen molar-refractivity contribution in [2.24, 2.45) is 0 Å². The quantitative estimate of drug-likeness (QED) is 0.0199. The molecule has 6 heteroatoms. The molecule has 0 bridgehead atoms. The smallest absolute Gasteiger partial charge is 0.306 e. The monoisotopic (exact) mass is 907 g/mol. The fraction of sp³-hybridized carbons (Fsp3) is 0.746. The van der Waals surface area contributed by atoms with Crippen molar-refractivity contribution in [2.75, 3.05) is 13.2 Å². The van der Waals surface area contributed by atoms with Crippen molar-refractivity contribution in [3.8, 4) is 0 Å². The van der Waals surface area contributed by atoms with Crippen molar-refractivity contribution in [2.45, 2.75) is 271 Å². The fourth-order valence-electron chi connectivity index (χ4n) is 7.53. The number of allylic oxidation sites excluding steroid dienone is 12. The maximum atomic E-state index is 12.8. The van der Waals surface area contributed by atoms with Gasteiger partial charge in [-0.25, -0.2) is 0 Å². The van der Waals surface area contributed by atoms with Crippen LogP contribution in [0.15, 0.2) is 72.9 Å². The van der Waals surface area contributed by atoms with Crippen molar-refractivity contribution < 1.29 is 28.6 Å². The van der Waals surface area contributed by atoms with Gasteiger partial charge in [-0.3, -0.25) is 14.4 Å². The van der Waals surface area contributed by atoms with Crippen LogP contribution in [-0.2, 0) is 28.6 Å². The Hall–Kier alpha value is -3.15. The van der Waals surface area contributed by atoms with Crippen molar-refractivity contribution in [1.29, 1.82) is 0 Å². The highest BCUT2D eigenvalue weighted by molar-refractivity contribution is 5.71. The Morgan fingerprint density at radius 2 is 0.585 bits per heavy atom. The highest BCUT2D eigenvalue weighted by Crippen LogP contribution is 2.14. The SMILES string of the molecule is CCCC/C=C\CCCCCCCC(=O)OCC(COC(=O)CCCCCCC\C=C/C=C\C=C/CCCCCCC)OC(=O)CCCCCCC/C=C\C=C/CCCCCCCCC. The molecule has 0 saturated heterocycles. The summed E-state index contributed by atoms with van der Waals surface area (Å²) in [5.41, 5.74) is 0. The highest BCUT2D eigenvalue weighted by atomic mass is 16.6. The first-order chi connectivity index (χ1) is 32.0. The lowest BCUT2D eigenvalue weighted by Crippen LogP contribution is -2.30. The van der Waals surface area contributed by atoms with E-state index in [0.29, 0.717) is 19.3 Å². The Balaban J connectivity index is 4.43. The van der Waals surface area contributed by atoms with Crippen molar-refractivity contribution >= 4 is 17.9 Å². The molecule has 0 rings (SSSR count). The van der Waals surface area contributed by atoms with E-state index >= 15 is 0 Å². The molecule has 65 heavy (non-hydrogen) atoms. The third kappa shape index (κ3) is 51.7. The summed E-state index contributed by atoms with van der Waals surface area (Å²) in [6.45, 7) is 6.55. The lowest BCUT2D eigenvalue weighted by atomic mass is 10.1. The minimum Gasteiger partial charge on any atom is -0.462 e. The normalized spacial score (nSPS) is 12.6. The molecule has 0 aliphatic carbocycles. The highest BCUT2D eigenvalue weighted by Gasteiger charge is 2.19. The van der Waals surface area contributed by atoms with E-state index in [2.05, 4.69) is 93.7 Å². The maximum absolute atomic E-state index is 12.8. The summed E-state index contributed by atoms with van der Waals surface area (Å²) in [5.74, 6) is -0.934. The van der Waals surface area contributed by atoms with Crippen LogP contribution in [0.25, 0.3) is 0 Å². The Kier molecular flexibility index (Phi) is 50.9. The molecule has 0 heterocycles. The number of unbranched alkanes of at least 4 members (excludes halogenated alkanes) is 29. The third-order valence-electron chi connectivity index (χ3n) is 11.7. The molecule has 0 aromatic carbocycles. The molecule has 0 N–H and O–H groups in total. The van der Waals surface area contributed by atoms with Gasteiger partial charge in [0.15, 0.2) is 6.10 Å². The summed E-state index contributed by atoms with van der Waals surface area (Å²) in [6, 6.07) is 0. The molecule has 0 aliphatic rings. The summed E-state index contributed by atoms with van der Waals surface area (Å²) in [7, 11) is 0. The second kappa shape index (κ2) is 53.5. The number of carbonyl (C=O) groups excluding carboxylic acids is 3. The van der Waals surface area contributed by atoms with Crippen LogP contribution in [0, 0.1) is 0 Å². The summed E-state index contributed by atoms with van der Waals surface area (Å²) in [4.78, 5) is 38.0. The second-order valence-corrected chi connectivity index (χ2v) is 18.2. The Bertz CT molecular complexity index is 1230. The van der Waals surface area contributed by atoms with Gasteiger partial charge in [0.05, 0.1) is 0 Å². The number of carbonyl (C=O) groups is 3. The van der Waals surface area contributed by atoms with Crippen LogP contribution >= 0.6 is 0 Å². The zero-order valence-electron chi connectivity index (χ0n) is 42.7. The molecule has 374 valence electrons. The number of hydrogen-bond acceptors (Lipinski definition) is 6. The molecular formula is C59H102O6. The molecule has 0 aromatic heterocycles. The summed E-state index contributed by atoms with van der Waals surface area (Å²) < 4.78 is 16.8. The molecule has 0 fully saturated rings. The van der Waals surface area contributed by atoms with Crippen LogP contribution in [0.2, 0.25) is 0 Å². The molecule has 0 amide bonds. The van der Waals surface area contributed by atoms with Gasteiger partial charge in [-0.05, 0) is 89.9 Å². The standard InChI is InChI=1S/C59H102O6/c1-4-7-10-13-16-19-22-24-26-28-30-32-34-37-40-43-46-49-52-58(61)64-55-56(54-63-57(60)51-48-45-42-39-36-21-18-15-12-9-6-3)65-59(62)53-50-47-44-41-38-35-33-31-29-27-25-23-20-17-14-11-8-5-2/h15,18,22,24,26-33,56H,4-14,16-17,19-21,23,25,34-55H2,1-3H3/b18-15-,24-22-,28-26-,29-27-,32-30-,33-31-. The second-order valence-electron chi connectivity index (χ2n) is 18.2. The van der Waals surface area contributed by atoms with Gasteiger partial charge in [0.1, 0.15) is 13.2 Å². The van der Waals surface area contributed by atoms with Crippen LogP contribution in [-0.4, -0.2) is 37.2 Å². The molecule has 6 nitrogen and oxygen atoms in total. The fourth-order valence-corrected chi connectivity index (χ4v) is 7.53. The van der Waals surface area contributed by atoms with E-state index in [9.17, 15) is 14.4 Å². The van der Waals surface area contributed by atoms with E-state index < -0.39 is 6.10 Å². The largest absolute Gasteiger partial charge is 0.462 e. The predicted octanol–water partition coefficient (Wildman–Crippen LogP) is 18.2. The van der Waals surface area contributed by atoms with E-state index in [4.69, 9.17) is 14.2 Å². The first-order valence-electron chi connectivity index (χ1n) is 27.5. The van der Waals surface area contributed by atoms with E-state index in [1.807, 2.05) is 0 Å². The van der Waals surface area contributed by atoms with Gasteiger partial charge in [-0.15, -0.1) is 0 Å². The summed E-state index contributed by atoms with van der Waals surface area (Å²) in [5, 5.41) is 0. The first kappa shape index (κ1) is 61.9. The minimum absolute atomic E-state index is 0.0931. The van der Waals surface area contributed by atoms with Crippen LogP contribution in [0.1, 0.15) is 265 Å². The summed E-state index contributed by atoms with van der Waals surface area (Å²) >= 11 is 0. The van der Waals surface area contributed by atoms with Crippen LogP contribution in [0.5, 0.6) is 0 Å². The maximum Gasteiger partial charge on any atom is 0.306 e.